The SMILES string of the molecule is COc1cccc(C(O)(c2cccc(Br)c2)c2cccc(OC)c2)c1. The smallest absolute Gasteiger partial charge is 0.140 e. The van der Waals surface area contributed by atoms with E-state index in [1.807, 2.05) is 72.8 Å². The molecule has 0 aliphatic carbocycles. The summed E-state index contributed by atoms with van der Waals surface area (Å²) in [6.45, 7) is 0. The molecule has 0 saturated carbocycles. The van der Waals surface area contributed by atoms with E-state index >= 15 is 0 Å². The first-order valence-corrected chi connectivity index (χ1v) is 8.64. The zero-order valence-electron chi connectivity index (χ0n) is 14.1. The Kier molecular flexibility index (Phi) is 5.11. The van der Waals surface area contributed by atoms with E-state index < -0.39 is 5.60 Å². The van der Waals surface area contributed by atoms with Crippen LogP contribution in [0.25, 0.3) is 0 Å². The second-order valence-corrected chi connectivity index (χ2v) is 6.60. The van der Waals surface area contributed by atoms with Gasteiger partial charge in [0.25, 0.3) is 0 Å². The van der Waals surface area contributed by atoms with Crippen LogP contribution in [0.3, 0.4) is 0 Å². The van der Waals surface area contributed by atoms with Gasteiger partial charge in [-0.05, 0) is 53.1 Å². The van der Waals surface area contributed by atoms with E-state index in [4.69, 9.17) is 9.47 Å². The minimum absolute atomic E-state index is 0.689. The molecule has 0 heterocycles. The molecule has 0 aliphatic rings. The van der Waals surface area contributed by atoms with Gasteiger partial charge in [0, 0.05) is 4.47 Å². The molecular weight excluding hydrogens is 380 g/mol. The monoisotopic (exact) mass is 398 g/mol. The van der Waals surface area contributed by atoms with Gasteiger partial charge in [0.1, 0.15) is 17.1 Å². The van der Waals surface area contributed by atoms with E-state index in [2.05, 4.69) is 15.9 Å². The van der Waals surface area contributed by atoms with Gasteiger partial charge < -0.3 is 14.6 Å². The molecule has 0 aromatic heterocycles. The van der Waals surface area contributed by atoms with Gasteiger partial charge >= 0.3 is 0 Å². The van der Waals surface area contributed by atoms with Gasteiger partial charge in [-0.3, -0.25) is 0 Å². The summed E-state index contributed by atoms with van der Waals surface area (Å²) >= 11 is 3.50. The van der Waals surface area contributed by atoms with E-state index in [0.29, 0.717) is 11.5 Å². The number of benzene rings is 3. The van der Waals surface area contributed by atoms with Crippen LogP contribution in [-0.4, -0.2) is 19.3 Å². The van der Waals surface area contributed by atoms with Gasteiger partial charge in [-0.2, -0.15) is 0 Å². The number of hydrogen-bond acceptors (Lipinski definition) is 3. The third-order valence-corrected chi connectivity index (χ3v) is 4.71. The summed E-state index contributed by atoms with van der Waals surface area (Å²) in [4.78, 5) is 0. The van der Waals surface area contributed by atoms with Gasteiger partial charge in [-0.1, -0.05) is 52.3 Å². The first-order chi connectivity index (χ1) is 12.1. The molecule has 128 valence electrons. The van der Waals surface area contributed by atoms with Gasteiger partial charge in [0.15, 0.2) is 0 Å². The fraction of sp³-hybridized carbons (Fsp3) is 0.143. The lowest BCUT2D eigenvalue weighted by atomic mass is 9.80. The van der Waals surface area contributed by atoms with Crippen molar-refractivity contribution in [1.29, 1.82) is 0 Å². The van der Waals surface area contributed by atoms with Crippen LogP contribution in [0.2, 0.25) is 0 Å². The van der Waals surface area contributed by atoms with Crippen molar-refractivity contribution in [1.82, 2.24) is 0 Å². The maximum absolute atomic E-state index is 11.9. The van der Waals surface area contributed by atoms with Gasteiger partial charge in [0.2, 0.25) is 0 Å². The Balaban J connectivity index is 2.27. The highest BCUT2D eigenvalue weighted by molar-refractivity contribution is 9.10. The quantitative estimate of drug-likeness (QED) is 0.630. The number of halogens is 1. The number of aliphatic hydroxyl groups is 1. The summed E-state index contributed by atoms with van der Waals surface area (Å²) in [6, 6.07) is 22.6. The molecule has 25 heavy (non-hydrogen) atoms. The molecule has 3 aromatic rings. The van der Waals surface area contributed by atoms with Crippen LogP contribution in [0.1, 0.15) is 16.7 Å². The largest absolute Gasteiger partial charge is 0.497 e. The molecule has 0 spiro atoms. The predicted octanol–water partition coefficient (Wildman–Crippen LogP) is 4.75. The maximum atomic E-state index is 11.9. The Bertz CT molecular complexity index is 829. The first kappa shape index (κ1) is 17.5. The fourth-order valence-corrected chi connectivity index (χ4v) is 3.31. The molecule has 0 bridgehead atoms. The fourth-order valence-electron chi connectivity index (χ4n) is 2.91. The molecule has 0 saturated heterocycles. The van der Waals surface area contributed by atoms with Crippen molar-refractivity contribution in [3.8, 4) is 11.5 Å². The molecule has 0 amide bonds. The Morgan fingerprint density at radius 2 is 1.16 bits per heavy atom. The maximum Gasteiger partial charge on any atom is 0.140 e. The summed E-state index contributed by atoms with van der Waals surface area (Å²) in [6.07, 6.45) is 0. The Hall–Kier alpha value is -2.30. The third-order valence-electron chi connectivity index (χ3n) is 4.22. The lowest BCUT2D eigenvalue weighted by Crippen LogP contribution is -2.29. The summed E-state index contributed by atoms with van der Waals surface area (Å²) in [5.41, 5.74) is 0.854. The van der Waals surface area contributed by atoms with Crippen LogP contribution >= 0.6 is 15.9 Å². The highest BCUT2D eigenvalue weighted by Crippen LogP contribution is 2.39. The van der Waals surface area contributed by atoms with Crippen LogP contribution in [0.4, 0.5) is 0 Å². The number of methoxy groups -OCH3 is 2. The molecule has 0 fully saturated rings. The topological polar surface area (TPSA) is 38.7 Å². The molecule has 0 unspecified atom stereocenters. The first-order valence-electron chi connectivity index (χ1n) is 7.85. The molecule has 0 aliphatic heterocycles. The van der Waals surface area contributed by atoms with Crippen molar-refractivity contribution in [3.63, 3.8) is 0 Å². The normalized spacial score (nSPS) is 11.2. The van der Waals surface area contributed by atoms with Crippen molar-refractivity contribution < 1.29 is 14.6 Å². The molecule has 3 aromatic carbocycles. The van der Waals surface area contributed by atoms with E-state index in [9.17, 15) is 5.11 Å². The Morgan fingerprint density at radius 3 is 1.60 bits per heavy atom. The average molecular weight is 399 g/mol. The van der Waals surface area contributed by atoms with Gasteiger partial charge in [-0.15, -0.1) is 0 Å². The molecule has 0 radical (unpaired) electrons. The molecule has 3 nitrogen and oxygen atoms in total. The standard InChI is InChI=1S/C21H19BrO3/c1-24-19-10-4-7-16(13-19)21(23,15-6-3-9-18(22)12-15)17-8-5-11-20(14-17)25-2/h3-14,23H,1-2H3. The molecule has 0 atom stereocenters. The number of hydrogen-bond donors (Lipinski definition) is 1. The van der Waals surface area contributed by atoms with E-state index in [0.717, 1.165) is 21.2 Å². The average Bonchev–Trinajstić information content (AvgIpc) is 2.67. The van der Waals surface area contributed by atoms with Crippen LogP contribution in [0, 0.1) is 0 Å². The van der Waals surface area contributed by atoms with Gasteiger partial charge in [-0.25, -0.2) is 0 Å². The Labute approximate surface area is 156 Å². The van der Waals surface area contributed by atoms with E-state index in [1.165, 1.54) is 0 Å². The van der Waals surface area contributed by atoms with Crippen molar-refractivity contribution >= 4 is 15.9 Å². The molecule has 4 heteroatoms. The summed E-state index contributed by atoms with van der Waals surface area (Å²) < 4.78 is 11.6. The van der Waals surface area contributed by atoms with Crippen LogP contribution < -0.4 is 9.47 Å². The summed E-state index contributed by atoms with van der Waals surface area (Å²) in [5.74, 6) is 1.38. The molecule has 3 rings (SSSR count). The van der Waals surface area contributed by atoms with E-state index in [1.54, 1.807) is 14.2 Å². The molecular formula is C21H19BrO3. The number of ether oxygens (including phenoxy) is 2. The minimum Gasteiger partial charge on any atom is -0.497 e. The lowest BCUT2D eigenvalue weighted by Gasteiger charge is -2.30. The zero-order valence-corrected chi connectivity index (χ0v) is 15.7. The van der Waals surface area contributed by atoms with Crippen molar-refractivity contribution in [2.45, 2.75) is 5.60 Å². The van der Waals surface area contributed by atoms with E-state index in [-0.39, 0.29) is 0 Å². The van der Waals surface area contributed by atoms with Crippen LogP contribution in [0.15, 0.2) is 77.3 Å². The minimum atomic E-state index is -1.34. The van der Waals surface area contributed by atoms with Crippen molar-refractivity contribution in [3.05, 3.63) is 94.0 Å². The zero-order chi connectivity index (χ0) is 17.9. The van der Waals surface area contributed by atoms with Crippen LogP contribution in [-0.2, 0) is 5.60 Å². The predicted molar refractivity (Wildman–Crippen MR) is 102 cm³/mol. The van der Waals surface area contributed by atoms with Crippen molar-refractivity contribution in [2.75, 3.05) is 14.2 Å². The second-order valence-electron chi connectivity index (χ2n) is 5.68. The summed E-state index contributed by atoms with van der Waals surface area (Å²) in [7, 11) is 3.23. The number of rotatable bonds is 5. The van der Waals surface area contributed by atoms with Crippen LogP contribution in [0.5, 0.6) is 11.5 Å². The van der Waals surface area contributed by atoms with Gasteiger partial charge in [0.05, 0.1) is 14.2 Å². The second kappa shape index (κ2) is 7.30. The highest BCUT2D eigenvalue weighted by Gasteiger charge is 2.34. The lowest BCUT2D eigenvalue weighted by molar-refractivity contribution is 0.125. The third kappa shape index (κ3) is 3.41. The molecule has 1 N–H and O–H groups in total. The van der Waals surface area contributed by atoms with Crippen molar-refractivity contribution in [2.24, 2.45) is 0 Å². The summed E-state index contributed by atoms with van der Waals surface area (Å²) in [5, 5.41) is 11.9. The Morgan fingerprint density at radius 1 is 0.720 bits per heavy atom. The highest BCUT2D eigenvalue weighted by atomic mass is 79.9.